The molecule has 21 heavy (non-hydrogen) atoms. The van der Waals surface area contributed by atoms with Crippen LogP contribution in [0.25, 0.3) is 0 Å². The van der Waals surface area contributed by atoms with Crippen molar-refractivity contribution in [2.24, 2.45) is 7.05 Å². The Labute approximate surface area is 127 Å². The molecule has 0 bridgehead atoms. The summed E-state index contributed by atoms with van der Waals surface area (Å²) in [6.45, 7) is 7.13. The first-order valence-electron chi connectivity index (χ1n) is 7.64. The van der Waals surface area contributed by atoms with Crippen molar-refractivity contribution in [3.8, 4) is 5.75 Å². The second kappa shape index (κ2) is 7.16. The lowest BCUT2D eigenvalue weighted by Crippen LogP contribution is -2.09. The van der Waals surface area contributed by atoms with E-state index < -0.39 is 0 Å². The van der Waals surface area contributed by atoms with Crippen LogP contribution < -0.4 is 10.1 Å². The number of aromatic nitrogens is 2. The van der Waals surface area contributed by atoms with Gasteiger partial charge < -0.3 is 10.1 Å². The van der Waals surface area contributed by atoms with Crippen LogP contribution in [0.5, 0.6) is 5.75 Å². The summed E-state index contributed by atoms with van der Waals surface area (Å²) in [5.74, 6) is 0.913. The van der Waals surface area contributed by atoms with Crippen LogP contribution in [-0.4, -0.2) is 15.9 Å². The fraction of sp³-hybridized carbons (Fsp3) is 0.471. The van der Waals surface area contributed by atoms with Gasteiger partial charge >= 0.3 is 0 Å². The van der Waals surface area contributed by atoms with Gasteiger partial charge in [-0.25, -0.2) is 0 Å². The molecule has 114 valence electrons. The average molecular weight is 287 g/mol. The second-order valence-corrected chi connectivity index (χ2v) is 5.35. The molecule has 1 atom stereocenters. The summed E-state index contributed by atoms with van der Waals surface area (Å²) in [4.78, 5) is 0. The van der Waals surface area contributed by atoms with Gasteiger partial charge in [0.05, 0.1) is 11.8 Å². The van der Waals surface area contributed by atoms with Gasteiger partial charge in [-0.3, -0.25) is 4.68 Å². The number of aryl methyl sites for hydroxylation is 2. The quantitative estimate of drug-likeness (QED) is 0.842. The van der Waals surface area contributed by atoms with E-state index in [4.69, 9.17) is 4.74 Å². The molecule has 0 spiro atoms. The van der Waals surface area contributed by atoms with E-state index in [1.165, 1.54) is 5.56 Å². The molecule has 1 N–H and O–H groups in total. The van der Waals surface area contributed by atoms with Crippen molar-refractivity contribution in [2.45, 2.75) is 46.3 Å². The SMILES string of the molecule is CCc1nn(C)cc1CNc1cccc(OC(C)CC)c1. The number of nitrogens with one attached hydrogen (secondary N) is 1. The van der Waals surface area contributed by atoms with Gasteiger partial charge in [-0.1, -0.05) is 19.9 Å². The van der Waals surface area contributed by atoms with Gasteiger partial charge in [-0.05, 0) is 31.9 Å². The summed E-state index contributed by atoms with van der Waals surface area (Å²) in [6, 6.07) is 8.13. The first-order chi connectivity index (χ1) is 10.1. The van der Waals surface area contributed by atoms with Gasteiger partial charge in [-0.15, -0.1) is 0 Å². The van der Waals surface area contributed by atoms with Gasteiger partial charge in [0.2, 0.25) is 0 Å². The van der Waals surface area contributed by atoms with E-state index in [0.717, 1.165) is 36.5 Å². The Morgan fingerprint density at radius 3 is 2.86 bits per heavy atom. The molecule has 2 aromatic rings. The summed E-state index contributed by atoms with van der Waals surface area (Å²) < 4.78 is 7.72. The standard InChI is InChI=1S/C17H25N3O/c1-5-13(3)21-16-9-7-8-15(10-16)18-11-14-12-20(4)19-17(14)6-2/h7-10,12-13,18H,5-6,11H2,1-4H3. The molecular formula is C17H25N3O. The van der Waals surface area contributed by atoms with Crippen molar-refractivity contribution < 1.29 is 4.74 Å². The monoisotopic (exact) mass is 287 g/mol. The van der Waals surface area contributed by atoms with Crippen LogP contribution in [0.15, 0.2) is 30.5 Å². The smallest absolute Gasteiger partial charge is 0.121 e. The highest BCUT2D eigenvalue weighted by molar-refractivity contribution is 5.48. The molecule has 4 nitrogen and oxygen atoms in total. The molecule has 0 saturated carbocycles. The molecule has 0 saturated heterocycles. The summed E-state index contributed by atoms with van der Waals surface area (Å²) in [6.07, 6.45) is 4.28. The van der Waals surface area contributed by atoms with Crippen molar-refractivity contribution >= 4 is 5.69 Å². The topological polar surface area (TPSA) is 39.1 Å². The highest BCUT2D eigenvalue weighted by Crippen LogP contribution is 2.20. The minimum absolute atomic E-state index is 0.241. The highest BCUT2D eigenvalue weighted by atomic mass is 16.5. The number of nitrogens with zero attached hydrogens (tertiary/aromatic N) is 2. The van der Waals surface area contributed by atoms with Crippen LogP contribution in [0.1, 0.15) is 38.4 Å². The van der Waals surface area contributed by atoms with Crippen LogP contribution >= 0.6 is 0 Å². The van der Waals surface area contributed by atoms with Crippen LogP contribution in [0.2, 0.25) is 0 Å². The van der Waals surface area contributed by atoms with Crippen molar-refractivity contribution in [1.29, 1.82) is 0 Å². The van der Waals surface area contributed by atoms with Gasteiger partial charge in [0, 0.05) is 37.1 Å². The fourth-order valence-electron chi connectivity index (χ4n) is 2.22. The lowest BCUT2D eigenvalue weighted by atomic mass is 10.2. The molecule has 1 heterocycles. The van der Waals surface area contributed by atoms with Gasteiger partial charge in [0.15, 0.2) is 0 Å². The van der Waals surface area contributed by atoms with Gasteiger partial charge in [-0.2, -0.15) is 5.10 Å². The van der Waals surface area contributed by atoms with Gasteiger partial charge in [0.25, 0.3) is 0 Å². The molecule has 0 aliphatic heterocycles. The zero-order valence-corrected chi connectivity index (χ0v) is 13.4. The van der Waals surface area contributed by atoms with Crippen LogP contribution in [0, 0.1) is 0 Å². The Hall–Kier alpha value is -1.97. The van der Waals surface area contributed by atoms with Crippen LogP contribution in [0.3, 0.4) is 0 Å². The van der Waals surface area contributed by atoms with E-state index in [9.17, 15) is 0 Å². The van der Waals surface area contributed by atoms with Crippen molar-refractivity contribution in [2.75, 3.05) is 5.32 Å². The Kier molecular flexibility index (Phi) is 5.26. The van der Waals surface area contributed by atoms with E-state index >= 15 is 0 Å². The van der Waals surface area contributed by atoms with Crippen molar-refractivity contribution in [3.05, 3.63) is 41.7 Å². The minimum Gasteiger partial charge on any atom is -0.491 e. The Morgan fingerprint density at radius 2 is 2.14 bits per heavy atom. The van der Waals surface area contributed by atoms with E-state index in [2.05, 4.69) is 43.4 Å². The Balaban J connectivity index is 2.01. The fourth-order valence-corrected chi connectivity index (χ4v) is 2.22. The maximum absolute atomic E-state index is 5.85. The van der Waals surface area contributed by atoms with Crippen molar-refractivity contribution in [3.63, 3.8) is 0 Å². The normalized spacial score (nSPS) is 12.2. The Bertz CT molecular complexity index is 577. The molecule has 0 fully saturated rings. The number of hydrogen-bond donors (Lipinski definition) is 1. The van der Waals surface area contributed by atoms with E-state index in [1.807, 2.05) is 29.9 Å². The third-order valence-corrected chi connectivity index (χ3v) is 3.56. The molecule has 1 aromatic carbocycles. The summed E-state index contributed by atoms with van der Waals surface area (Å²) in [5, 5.41) is 7.91. The first kappa shape index (κ1) is 15.4. The maximum atomic E-state index is 5.85. The van der Waals surface area contributed by atoms with E-state index in [0.29, 0.717) is 0 Å². The third-order valence-electron chi connectivity index (χ3n) is 3.56. The van der Waals surface area contributed by atoms with E-state index in [-0.39, 0.29) is 6.10 Å². The molecule has 1 unspecified atom stereocenters. The van der Waals surface area contributed by atoms with Crippen molar-refractivity contribution in [1.82, 2.24) is 9.78 Å². The molecule has 0 amide bonds. The van der Waals surface area contributed by atoms with Gasteiger partial charge in [0.1, 0.15) is 5.75 Å². The lowest BCUT2D eigenvalue weighted by Gasteiger charge is -2.14. The number of benzene rings is 1. The van der Waals surface area contributed by atoms with E-state index in [1.54, 1.807) is 0 Å². The number of rotatable bonds is 7. The average Bonchev–Trinajstić information content (AvgIpc) is 2.85. The highest BCUT2D eigenvalue weighted by Gasteiger charge is 2.06. The molecule has 0 radical (unpaired) electrons. The molecule has 0 aliphatic carbocycles. The zero-order valence-electron chi connectivity index (χ0n) is 13.4. The Morgan fingerprint density at radius 1 is 1.33 bits per heavy atom. The summed E-state index contributed by atoms with van der Waals surface area (Å²) in [5.41, 5.74) is 3.46. The summed E-state index contributed by atoms with van der Waals surface area (Å²) in [7, 11) is 1.96. The number of hydrogen-bond acceptors (Lipinski definition) is 3. The second-order valence-electron chi connectivity index (χ2n) is 5.35. The summed E-state index contributed by atoms with van der Waals surface area (Å²) >= 11 is 0. The van der Waals surface area contributed by atoms with Crippen LogP contribution in [0.4, 0.5) is 5.69 Å². The molecule has 1 aromatic heterocycles. The zero-order chi connectivity index (χ0) is 15.2. The third kappa shape index (κ3) is 4.25. The first-order valence-corrected chi connectivity index (χ1v) is 7.64. The number of anilines is 1. The molecule has 0 aliphatic rings. The minimum atomic E-state index is 0.241. The molecule has 4 heteroatoms. The predicted octanol–water partition coefficient (Wildman–Crippen LogP) is 3.77. The lowest BCUT2D eigenvalue weighted by molar-refractivity contribution is 0.217. The predicted molar refractivity (Wildman–Crippen MR) is 86.7 cm³/mol. The maximum Gasteiger partial charge on any atom is 0.121 e. The largest absolute Gasteiger partial charge is 0.491 e. The molecular weight excluding hydrogens is 262 g/mol. The van der Waals surface area contributed by atoms with Crippen LogP contribution in [-0.2, 0) is 20.0 Å². The number of ether oxygens (including phenoxy) is 1. The molecule has 2 rings (SSSR count).